The fourth-order valence-corrected chi connectivity index (χ4v) is 2.40. The summed E-state index contributed by atoms with van der Waals surface area (Å²) in [6, 6.07) is 8.37. The van der Waals surface area contributed by atoms with Crippen molar-refractivity contribution in [2.45, 2.75) is 20.8 Å². The third-order valence-electron chi connectivity index (χ3n) is 3.42. The van der Waals surface area contributed by atoms with Gasteiger partial charge in [0.15, 0.2) is 0 Å². The second-order valence-corrected chi connectivity index (χ2v) is 5.83. The minimum Gasteiger partial charge on any atom is -0.316 e. The molecule has 0 aliphatic carbocycles. The van der Waals surface area contributed by atoms with Crippen LogP contribution >= 0.6 is 11.6 Å². The second-order valence-electron chi connectivity index (χ2n) is 5.47. The number of hydrogen-bond acceptors (Lipinski definition) is 2. The zero-order valence-corrected chi connectivity index (χ0v) is 13.3. The molecule has 0 saturated carbocycles. The number of nitrogens with zero attached hydrogens (tertiary/aromatic N) is 1. The molecular formula is C17H21ClN2. The molecule has 0 atom stereocenters. The van der Waals surface area contributed by atoms with Crippen molar-refractivity contribution >= 4 is 28.6 Å². The molecular weight excluding hydrogens is 268 g/mol. The highest BCUT2D eigenvalue weighted by Gasteiger charge is 2.07. The molecule has 0 spiro atoms. The molecule has 0 amide bonds. The third kappa shape index (κ3) is 3.38. The Morgan fingerprint density at radius 2 is 2.10 bits per heavy atom. The number of halogens is 1. The van der Waals surface area contributed by atoms with E-state index in [1.165, 1.54) is 11.1 Å². The summed E-state index contributed by atoms with van der Waals surface area (Å²) >= 11 is 6.33. The zero-order chi connectivity index (χ0) is 14.7. The third-order valence-corrected chi connectivity index (χ3v) is 3.72. The first kappa shape index (κ1) is 15.0. The van der Waals surface area contributed by atoms with Crippen LogP contribution in [0.2, 0.25) is 5.15 Å². The normalized spacial score (nSPS) is 12.4. The maximum absolute atomic E-state index is 6.33. The van der Waals surface area contributed by atoms with Crippen molar-refractivity contribution in [3.8, 4) is 0 Å². The number of pyridine rings is 1. The summed E-state index contributed by atoms with van der Waals surface area (Å²) in [6.45, 7) is 7.30. The lowest BCUT2D eigenvalue weighted by Gasteiger charge is -2.12. The quantitative estimate of drug-likeness (QED) is 0.841. The van der Waals surface area contributed by atoms with Crippen molar-refractivity contribution < 1.29 is 0 Å². The number of fused-ring (bicyclic) bond motifs is 1. The van der Waals surface area contributed by atoms with Crippen LogP contribution in [0, 0.1) is 12.8 Å². The Kier molecular flexibility index (Phi) is 4.79. The Morgan fingerprint density at radius 3 is 2.75 bits per heavy atom. The molecule has 1 aromatic heterocycles. The number of hydrogen-bond donors (Lipinski definition) is 1. The Bertz CT molecular complexity index is 645. The minimum absolute atomic E-state index is 0.479. The Labute approximate surface area is 125 Å². The largest absolute Gasteiger partial charge is 0.316 e. The van der Waals surface area contributed by atoms with Crippen LogP contribution in [0.25, 0.3) is 17.0 Å². The number of benzene rings is 1. The molecule has 3 heteroatoms. The molecule has 2 rings (SSSR count). The van der Waals surface area contributed by atoms with Crippen molar-refractivity contribution in [3.05, 3.63) is 46.1 Å². The smallest absolute Gasteiger partial charge is 0.136 e. The molecule has 20 heavy (non-hydrogen) atoms. The monoisotopic (exact) mass is 288 g/mol. The van der Waals surface area contributed by atoms with Gasteiger partial charge in [-0.05, 0) is 37.6 Å². The second kappa shape index (κ2) is 6.38. The Hall–Kier alpha value is -1.38. The first-order valence-electron chi connectivity index (χ1n) is 6.93. The van der Waals surface area contributed by atoms with Gasteiger partial charge in [0.2, 0.25) is 0 Å². The molecule has 2 aromatic rings. The first-order chi connectivity index (χ1) is 9.51. The highest BCUT2D eigenvalue weighted by Crippen LogP contribution is 2.24. The summed E-state index contributed by atoms with van der Waals surface area (Å²) in [5.74, 6) is 0.479. The van der Waals surface area contributed by atoms with Gasteiger partial charge in [0.05, 0.1) is 5.52 Å². The number of aromatic nitrogens is 1. The predicted molar refractivity (Wildman–Crippen MR) is 88.2 cm³/mol. The van der Waals surface area contributed by atoms with E-state index < -0.39 is 0 Å². The van der Waals surface area contributed by atoms with E-state index in [2.05, 4.69) is 61.4 Å². The van der Waals surface area contributed by atoms with E-state index in [4.69, 9.17) is 11.6 Å². The van der Waals surface area contributed by atoms with Gasteiger partial charge < -0.3 is 5.32 Å². The van der Waals surface area contributed by atoms with Crippen LogP contribution in [0.4, 0.5) is 0 Å². The van der Waals surface area contributed by atoms with Crippen LogP contribution in [0.3, 0.4) is 0 Å². The molecule has 1 aromatic carbocycles. The average Bonchev–Trinajstić information content (AvgIpc) is 2.39. The summed E-state index contributed by atoms with van der Waals surface area (Å²) in [6.07, 6.45) is 2.15. The molecule has 0 unspecified atom stereocenters. The van der Waals surface area contributed by atoms with E-state index in [-0.39, 0.29) is 0 Å². The lowest BCUT2D eigenvalue weighted by Crippen LogP contribution is -2.13. The van der Waals surface area contributed by atoms with E-state index in [0.29, 0.717) is 11.1 Å². The predicted octanol–water partition coefficient (Wildman–Crippen LogP) is 4.46. The van der Waals surface area contributed by atoms with Crippen molar-refractivity contribution in [3.63, 3.8) is 0 Å². The number of nitrogens with one attached hydrogen (secondary N) is 1. The summed E-state index contributed by atoms with van der Waals surface area (Å²) in [7, 11) is 1.96. The number of rotatable bonds is 4. The number of aryl methyl sites for hydroxylation is 1. The van der Waals surface area contributed by atoms with Crippen LogP contribution in [0.5, 0.6) is 0 Å². The van der Waals surface area contributed by atoms with Gasteiger partial charge in [0.25, 0.3) is 0 Å². The van der Waals surface area contributed by atoms with Gasteiger partial charge in [-0.3, -0.25) is 0 Å². The van der Waals surface area contributed by atoms with Crippen molar-refractivity contribution in [1.82, 2.24) is 10.3 Å². The van der Waals surface area contributed by atoms with Gasteiger partial charge in [0.1, 0.15) is 5.15 Å². The number of likely N-dealkylation sites (N-methyl/N-ethyl adjacent to an activating group) is 1. The molecule has 0 bridgehead atoms. The topological polar surface area (TPSA) is 24.9 Å². The van der Waals surface area contributed by atoms with Crippen LogP contribution in [-0.2, 0) is 0 Å². The van der Waals surface area contributed by atoms with Gasteiger partial charge in [-0.2, -0.15) is 0 Å². The van der Waals surface area contributed by atoms with E-state index in [9.17, 15) is 0 Å². The van der Waals surface area contributed by atoms with E-state index >= 15 is 0 Å². The maximum Gasteiger partial charge on any atom is 0.136 e. The minimum atomic E-state index is 0.479. The summed E-state index contributed by atoms with van der Waals surface area (Å²) in [5.41, 5.74) is 4.46. The zero-order valence-electron chi connectivity index (χ0n) is 12.5. The first-order valence-corrected chi connectivity index (χ1v) is 7.31. The Balaban J connectivity index is 2.51. The Morgan fingerprint density at radius 1 is 1.35 bits per heavy atom. The van der Waals surface area contributed by atoms with E-state index in [1.807, 2.05) is 7.05 Å². The van der Waals surface area contributed by atoms with Crippen molar-refractivity contribution in [2.75, 3.05) is 13.6 Å². The molecule has 0 fully saturated rings. The highest BCUT2D eigenvalue weighted by atomic mass is 35.5. The molecule has 1 N–H and O–H groups in total. The van der Waals surface area contributed by atoms with Crippen LogP contribution in [0.15, 0.2) is 29.8 Å². The fraction of sp³-hybridized carbons (Fsp3) is 0.353. The van der Waals surface area contributed by atoms with Crippen molar-refractivity contribution in [1.29, 1.82) is 0 Å². The van der Waals surface area contributed by atoms with Crippen LogP contribution in [0.1, 0.15) is 25.0 Å². The molecule has 0 saturated heterocycles. The van der Waals surface area contributed by atoms with Gasteiger partial charge in [-0.25, -0.2) is 4.98 Å². The molecule has 0 radical (unpaired) electrons. The maximum atomic E-state index is 6.33. The SMILES string of the molecule is CNCC(=Cc1cc2ccc(C)cc2nc1Cl)C(C)C. The van der Waals surface area contributed by atoms with Crippen LogP contribution < -0.4 is 5.32 Å². The summed E-state index contributed by atoms with van der Waals surface area (Å²) in [5, 5.41) is 4.89. The van der Waals surface area contributed by atoms with Gasteiger partial charge in [-0.15, -0.1) is 0 Å². The van der Waals surface area contributed by atoms with E-state index in [0.717, 1.165) is 23.0 Å². The van der Waals surface area contributed by atoms with Gasteiger partial charge >= 0.3 is 0 Å². The lowest BCUT2D eigenvalue weighted by atomic mass is 10.00. The molecule has 1 heterocycles. The highest BCUT2D eigenvalue weighted by molar-refractivity contribution is 6.31. The molecule has 2 nitrogen and oxygen atoms in total. The lowest BCUT2D eigenvalue weighted by molar-refractivity contribution is 0.713. The van der Waals surface area contributed by atoms with Gasteiger partial charge in [0, 0.05) is 17.5 Å². The molecule has 0 aliphatic rings. The van der Waals surface area contributed by atoms with Crippen LogP contribution in [-0.4, -0.2) is 18.6 Å². The van der Waals surface area contributed by atoms with E-state index in [1.54, 1.807) is 0 Å². The van der Waals surface area contributed by atoms with Gasteiger partial charge in [-0.1, -0.05) is 49.2 Å². The molecule has 106 valence electrons. The standard InChI is InChI=1S/C17H21ClN2/c1-11(2)15(10-19-4)9-14-8-13-6-5-12(3)7-16(13)20-17(14)18/h5-9,11,19H,10H2,1-4H3. The molecule has 0 aliphatic heterocycles. The fourth-order valence-electron chi connectivity index (χ4n) is 2.20. The summed E-state index contributed by atoms with van der Waals surface area (Å²) in [4.78, 5) is 4.51. The van der Waals surface area contributed by atoms with Crippen molar-refractivity contribution in [2.24, 2.45) is 5.92 Å². The average molecular weight is 289 g/mol. The summed E-state index contributed by atoms with van der Waals surface area (Å²) < 4.78 is 0.